The van der Waals surface area contributed by atoms with E-state index in [1.54, 1.807) is 24.3 Å². The van der Waals surface area contributed by atoms with Crippen LogP contribution in [0.15, 0.2) is 47.4 Å². The van der Waals surface area contributed by atoms with Gasteiger partial charge in [-0.1, -0.05) is 26.0 Å². The summed E-state index contributed by atoms with van der Waals surface area (Å²) in [5.41, 5.74) is 1.43. The van der Waals surface area contributed by atoms with Gasteiger partial charge in [0, 0.05) is 0 Å². The number of rotatable bonds is 6. The van der Waals surface area contributed by atoms with Crippen LogP contribution in [0.5, 0.6) is 5.75 Å². The normalized spacial score (nSPS) is 11.2. The average molecular weight is 363 g/mol. The Hall–Kier alpha value is -2.54. The lowest BCUT2D eigenvalue weighted by Crippen LogP contribution is -2.14. The van der Waals surface area contributed by atoms with Gasteiger partial charge in [-0.15, -0.1) is 0 Å². The summed E-state index contributed by atoms with van der Waals surface area (Å²) in [6.07, 6.45) is 0. The van der Waals surface area contributed by atoms with E-state index in [4.69, 9.17) is 4.74 Å². The Morgan fingerprint density at radius 2 is 1.68 bits per heavy atom. The molecule has 0 heterocycles. The Labute approximate surface area is 147 Å². The van der Waals surface area contributed by atoms with Crippen molar-refractivity contribution in [1.82, 2.24) is 0 Å². The molecule has 6 nitrogen and oxygen atoms in total. The minimum absolute atomic E-state index is 0.127. The highest BCUT2D eigenvalue weighted by molar-refractivity contribution is 7.92. The third kappa shape index (κ3) is 4.30. The maximum Gasteiger partial charge on any atom is 0.337 e. The number of anilines is 1. The summed E-state index contributed by atoms with van der Waals surface area (Å²) in [5, 5.41) is 0. The van der Waals surface area contributed by atoms with E-state index in [-0.39, 0.29) is 16.1 Å². The Morgan fingerprint density at radius 3 is 2.20 bits per heavy atom. The van der Waals surface area contributed by atoms with E-state index in [0.717, 1.165) is 5.56 Å². The molecule has 25 heavy (non-hydrogen) atoms. The van der Waals surface area contributed by atoms with Crippen molar-refractivity contribution >= 4 is 21.7 Å². The molecule has 134 valence electrons. The maximum atomic E-state index is 12.6. The molecule has 0 atom stereocenters. The Bertz CT molecular complexity index is 858. The summed E-state index contributed by atoms with van der Waals surface area (Å²) < 4.78 is 37.5. The monoisotopic (exact) mass is 363 g/mol. The molecule has 2 aromatic rings. The lowest BCUT2D eigenvalue weighted by atomic mass is 10.0. The number of benzene rings is 2. The first-order chi connectivity index (χ1) is 11.8. The molecule has 0 amide bonds. The summed E-state index contributed by atoms with van der Waals surface area (Å²) in [6, 6.07) is 11.0. The Kier molecular flexibility index (Phi) is 5.69. The first kappa shape index (κ1) is 18.8. The zero-order valence-corrected chi connectivity index (χ0v) is 15.4. The molecule has 0 aromatic heterocycles. The molecule has 0 spiro atoms. The van der Waals surface area contributed by atoms with Crippen LogP contribution in [-0.4, -0.2) is 28.6 Å². The van der Waals surface area contributed by atoms with Gasteiger partial charge in [0.15, 0.2) is 0 Å². The van der Waals surface area contributed by atoms with E-state index in [2.05, 4.69) is 9.46 Å². The number of hydrogen-bond donors (Lipinski definition) is 1. The van der Waals surface area contributed by atoms with Crippen molar-refractivity contribution in [2.45, 2.75) is 24.7 Å². The molecule has 0 aliphatic rings. The van der Waals surface area contributed by atoms with Crippen LogP contribution in [0.2, 0.25) is 0 Å². The third-order valence-corrected chi connectivity index (χ3v) is 5.10. The van der Waals surface area contributed by atoms with Crippen LogP contribution in [0.25, 0.3) is 0 Å². The molecule has 0 radical (unpaired) electrons. The molecule has 0 bridgehead atoms. The largest absolute Gasteiger partial charge is 0.495 e. The Morgan fingerprint density at radius 1 is 1.04 bits per heavy atom. The molecule has 2 aromatic carbocycles. The molecule has 0 saturated heterocycles. The fourth-order valence-electron chi connectivity index (χ4n) is 2.27. The second kappa shape index (κ2) is 7.57. The second-order valence-electron chi connectivity index (χ2n) is 5.74. The van der Waals surface area contributed by atoms with Crippen LogP contribution >= 0.6 is 0 Å². The van der Waals surface area contributed by atoms with Gasteiger partial charge in [-0.2, -0.15) is 0 Å². The Balaban J connectivity index is 2.37. The van der Waals surface area contributed by atoms with Crippen molar-refractivity contribution in [3.05, 3.63) is 53.6 Å². The lowest BCUT2D eigenvalue weighted by Gasteiger charge is -2.13. The van der Waals surface area contributed by atoms with Crippen molar-refractivity contribution in [3.8, 4) is 5.75 Å². The zero-order valence-electron chi connectivity index (χ0n) is 14.6. The van der Waals surface area contributed by atoms with Gasteiger partial charge < -0.3 is 9.47 Å². The first-order valence-electron chi connectivity index (χ1n) is 7.67. The molecule has 2 rings (SSSR count). The van der Waals surface area contributed by atoms with E-state index in [1.807, 2.05) is 13.8 Å². The van der Waals surface area contributed by atoms with E-state index in [1.165, 1.54) is 32.4 Å². The van der Waals surface area contributed by atoms with Gasteiger partial charge in [0.2, 0.25) is 0 Å². The summed E-state index contributed by atoms with van der Waals surface area (Å²) >= 11 is 0. The van der Waals surface area contributed by atoms with E-state index < -0.39 is 16.0 Å². The highest BCUT2D eigenvalue weighted by atomic mass is 32.2. The average Bonchev–Trinajstić information content (AvgIpc) is 2.60. The standard InChI is InChI=1S/C18H21NO5S/c1-12(2)13-5-8-15(9-6-13)25(21,22)19-16-11-14(18(20)24-4)7-10-17(16)23-3/h5-12,19H,1-4H3. The van der Waals surface area contributed by atoms with Crippen molar-refractivity contribution in [2.75, 3.05) is 18.9 Å². The quantitative estimate of drug-likeness (QED) is 0.796. The lowest BCUT2D eigenvalue weighted by molar-refractivity contribution is 0.0600. The second-order valence-corrected chi connectivity index (χ2v) is 7.42. The molecular formula is C18H21NO5S. The van der Waals surface area contributed by atoms with Crippen LogP contribution in [0.1, 0.15) is 35.7 Å². The zero-order chi connectivity index (χ0) is 18.6. The van der Waals surface area contributed by atoms with Crippen LogP contribution < -0.4 is 9.46 Å². The summed E-state index contributed by atoms with van der Waals surface area (Å²) in [7, 11) is -1.14. The van der Waals surface area contributed by atoms with Crippen LogP contribution in [-0.2, 0) is 14.8 Å². The first-order valence-corrected chi connectivity index (χ1v) is 9.16. The van der Waals surface area contributed by atoms with Crippen LogP contribution in [0.4, 0.5) is 5.69 Å². The molecule has 0 fully saturated rings. The van der Waals surface area contributed by atoms with Gasteiger partial charge in [-0.3, -0.25) is 4.72 Å². The van der Waals surface area contributed by atoms with Crippen molar-refractivity contribution in [1.29, 1.82) is 0 Å². The smallest absolute Gasteiger partial charge is 0.337 e. The van der Waals surface area contributed by atoms with Crippen molar-refractivity contribution in [2.24, 2.45) is 0 Å². The van der Waals surface area contributed by atoms with Gasteiger partial charge in [0.25, 0.3) is 10.0 Å². The van der Waals surface area contributed by atoms with E-state index >= 15 is 0 Å². The highest BCUT2D eigenvalue weighted by Gasteiger charge is 2.18. The predicted octanol–water partition coefficient (Wildman–Crippen LogP) is 3.41. The summed E-state index contributed by atoms with van der Waals surface area (Å²) in [6.45, 7) is 4.07. The van der Waals surface area contributed by atoms with Gasteiger partial charge in [0.05, 0.1) is 30.4 Å². The molecule has 0 aliphatic heterocycles. The molecular weight excluding hydrogens is 342 g/mol. The molecule has 1 N–H and O–H groups in total. The number of nitrogens with one attached hydrogen (secondary N) is 1. The SMILES string of the molecule is COC(=O)c1ccc(OC)c(NS(=O)(=O)c2ccc(C(C)C)cc2)c1. The molecule has 0 saturated carbocycles. The van der Waals surface area contributed by atoms with Gasteiger partial charge in [0.1, 0.15) is 5.75 Å². The van der Waals surface area contributed by atoms with E-state index in [9.17, 15) is 13.2 Å². The minimum atomic E-state index is -3.82. The molecule has 0 aliphatic carbocycles. The third-order valence-electron chi connectivity index (χ3n) is 3.72. The summed E-state index contributed by atoms with van der Waals surface area (Å²) in [5.74, 6) is 0.0426. The molecule has 0 unspecified atom stereocenters. The fourth-order valence-corrected chi connectivity index (χ4v) is 3.33. The number of hydrogen-bond acceptors (Lipinski definition) is 5. The van der Waals surface area contributed by atoms with Crippen LogP contribution in [0.3, 0.4) is 0 Å². The minimum Gasteiger partial charge on any atom is -0.495 e. The topological polar surface area (TPSA) is 81.7 Å². The fraction of sp³-hybridized carbons (Fsp3) is 0.278. The van der Waals surface area contributed by atoms with Crippen molar-refractivity contribution < 1.29 is 22.7 Å². The number of methoxy groups -OCH3 is 2. The van der Waals surface area contributed by atoms with Gasteiger partial charge in [-0.25, -0.2) is 13.2 Å². The number of carbonyl (C=O) groups is 1. The maximum absolute atomic E-state index is 12.6. The van der Waals surface area contributed by atoms with Gasteiger partial charge >= 0.3 is 5.97 Å². The number of ether oxygens (including phenoxy) is 2. The summed E-state index contributed by atoms with van der Waals surface area (Å²) in [4.78, 5) is 11.8. The van der Waals surface area contributed by atoms with Crippen molar-refractivity contribution in [3.63, 3.8) is 0 Å². The van der Waals surface area contributed by atoms with Gasteiger partial charge in [-0.05, 0) is 41.8 Å². The number of esters is 1. The number of carbonyl (C=O) groups excluding carboxylic acids is 1. The predicted molar refractivity (Wildman–Crippen MR) is 95.7 cm³/mol. The highest BCUT2D eigenvalue weighted by Crippen LogP contribution is 2.28. The molecule has 7 heteroatoms. The number of sulfonamides is 1. The van der Waals surface area contributed by atoms with E-state index in [0.29, 0.717) is 11.7 Å². The van der Waals surface area contributed by atoms with Crippen LogP contribution in [0, 0.1) is 0 Å².